The standard InChI is InChI=1S/C8H15N3O3/c1-6(12)2-3-11(4-7(9)13)5-8(10)14/h2-5H2,1H3,(H2,9,13)(H2,10,14). The summed E-state index contributed by atoms with van der Waals surface area (Å²) >= 11 is 0. The number of ketones is 1. The van der Waals surface area contributed by atoms with Crippen molar-refractivity contribution in [3.63, 3.8) is 0 Å². The van der Waals surface area contributed by atoms with E-state index in [1.54, 1.807) is 0 Å². The van der Waals surface area contributed by atoms with Gasteiger partial charge in [-0.05, 0) is 6.92 Å². The number of rotatable bonds is 7. The first kappa shape index (κ1) is 12.6. The number of amides is 2. The number of carbonyl (C=O) groups is 3. The molecular formula is C8H15N3O3. The van der Waals surface area contributed by atoms with Crippen molar-refractivity contribution in [2.24, 2.45) is 11.5 Å². The second-order valence-corrected chi connectivity index (χ2v) is 3.10. The van der Waals surface area contributed by atoms with E-state index in [-0.39, 0.29) is 25.3 Å². The maximum absolute atomic E-state index is 10.7. The first-order valence-corrected chi connectivity index (χ1v) is 4.20. The molecule has 0 atom stereocenters. The van der Waals surface area contributed by atoms with E-state index in [1.807, 2.05) is 0 Å². The minimum absolute atomic E-state index is 0.0102. The molecule has 0 fully saturated rings. The van der Waals surface area contributed by atoms with Gasteiger partial charge in [0, 0.05) is 13.0 Å². The summed E-state index contributed by atoms with van der Waals surface area (Å²) in [4.78, 5) is 33.3. The lowest BCUT2D eigenvalue weighted by Crippen LogP contribution is -2.40. The second kappa shape index (κ2) is 6.09. The summed E-state index contributed by atoms with van der Waals surface area (Å²) in [5.41, 5.74) is 9.92. The molecule has 0 aliphatic rings. The fraction of sp³-hybridized carbons (Fsp3) is 0.625. The Balaban J connectivity index is 4.03. The average Bonchev–Trinajstić information content (AvgIpc) is 1.97. The first-order chi connectivity index (χ1) is 6.41. The molecule has 0 aromatic carbocycles. The van der Waals surface area contributed by atoms with Crippen molar-refractivity contribution in [3.8, 4) is 0 Å². The Morgan fingerprint density at radius 1 is 1.07 bits per heavy atom. The van der Waals surface area contributed by atoms with Gasteiger partial charge in [0.1, 0.15) is 5.78 Å². The highest BCUT2D eigenvalue weighted by Crippen LogP contribution is 1.91. The molecule has 0 saturated heterocycles. The quantitative estimate of drug-likeness (QED) is 0.508. The summed E-state index contributed by atoms with van der Waals surface area (Å²) < 4.78 is 0. The largest absolute Gasteiger partial charge is 0.369 e. The molecule has 0 spiro atoms. The Kier molecular flexibility index (Phi) is 5.47. The molecule has 0 unspecified atom stereocenters. The van der Waals surface area contributed by atoms with Crippen LogP contribution in [0, 0.1) is 0 Å². The summed E-state index contributed by atoms with van der Waals surface area (Å²) in [7, 11) is 0. The number of hydrogen-bond donors (Lipinski definition) is 2. The fourth-order valence-corrected chi connectivity index (χ4v) is 0.970. The average molecular weight is 201 g/mol. The summed E-state index contributed by atoms with van der Waals surface area (Å²) in [6, 6.07) is 0. The molecule has 0 rings (SSSR count). The molecule has 0 aromatic heterocycles. The third-order valence-corrected chi connectivity index (χ3v) is 1.54. The minimum atomic E-state index is -0.546. The Hall–Kier alpha value is -1.43. The van der Waals surface area contributed by atoms with Gasteiger partial charge in [0.2, 0.25) is 11.8 Å². The van der Waals surface area contributed by atoms with E-state index in [4.69, 9.17) is 11.5 Å². The highest BCUT2D eigenvalue weighted by molar-refractivity contribution is 5.79. The van der Waals surface area contributed by atoms with Crippen LogP contribution in [0.25, 0.3) is 0 Å². The van der Waals surface area contributed by atoms with E-state index < -0.39 is 11.8 Å². The van der Waals surface area contributed by atoms with Gasteiger partial charge in [-0.25, -0.2) is 0 Å². The third kappa shape index (κ3) is 7.23. The number of carbonyl (C=O) groups excluding carboxylic acids is 3. The van der Waals surface area contributed by atoms with Crippen LogP contribution >= 0.6 is 0 Å². The van der Waals surface area contributed by atoms with Crippen LogP contribution in [0.1, 0.15) is 13.3 Å². The predicted octanol–water partition coefficient (Wildman–Crippen LogP) is -1.76. The van der Waals surface area contributed by atoms with Crippen LogP contribution in [0.2, 0.25) is 0 Å². The Morgan fingerprint density at radius 3 is 1.79 bits per heavy atom. The minimum Gasteiger partial charge on any atom is -0.369 e. The fourth-order valence-electron chi connectivity index (χ4n) is 0.970. The zero-order valence-corrected chi connectivity index (χ0v) is 8.16. The van der Waals surface area contributed by atoms with Gasteiger partial charge in [-0.2, -0.15) is 0 Å². The van der Waals surface area contributed by atoms with E-state index in [2.05, 4.69) is 0 Å². The van der Waals surface area contributed by atoms with Crippen LogP contribution in [-0.4, -0.2) is 42.1 Å². The van der Waals surface area contributed by atoms with Crippen molar-refractivity contribution in [1.29, 1.82) is 0 Å². The molecule has 6 heteroatoms. The van der Waals surface area contributed by atoms with Gasteiger partial charge >= 0.3 is 0 Å². The van der Waals surface area contributed by atoms with Crippen molar-refractivity contribution in [1.82, 2.24) is 4.90 Å². The van der Waals surface area contributed by atoms with Crippen LogP contribution in [0.5, 0.6) is 0 Å². The molecule has 0 aliphatic heterocycles. The van der Waals surface area contributed by atoms with Crippen molar-refractivity contribution in [2.45, 2.75) is 13.3 Å². The van der Waals surface area contributed by atoms with Gasteiger partial charge < -0.3 is 11.5 Å². The Labute approximate surface area is 82.2 Å². The van der Waals surface area contributed by atoms with E-state index >= 15 is 0 Å². The lowest BCUT2D eigenvalue weighted by Gasteiger charge is -2.17. The van der Waals surface area contributed by atoms with E-state index in [9.17, 15) is 14.4 Å². The summed E-state index contributed by atoms with van der Waals surface area (Å²) in [5.74, 6) is -1.10. The maximum atomic E-state index is 10.7. The zero-order chi connectivity index (χ0) is 11.1. The molecule has 0 heterocycles. The molecular weight excluding hydrogens is 186 g/mol. The van der Waals surface area contributed by atoms with E-state index in [0.717, 1.165) is 0 Å². The van der Waals surface area contributed by atoms with Gasteiger partial charge in [0.25, 0.3) is 0 Å². The maximum Gasteiger partial charge on any atom is 0.231 e. The van der Waals surface area contributed by atoms with Crippen LogP contribution in [0.4, 0.5) is 0 Å². The van der Waals surface area contributed by atoms with Gasteiger partial charge in [-0.3, -0.25) is 19.3 Å². The highest BCUT2D eigenvalue weighted by atomic mass is 16.2. The zero-order valence-electron chi connectivity index (χ0n) is 8.16. The van der Waals surface area contributed by atoms with Crippen molar-refractivity contribution >= 4 is 17.6 Å². The lowest BCUT2D eigenvalue weighted by molar-refractivity contribution is -0.123. The predicted molar refractivity (Wildman–Crippen MR) is 50.1 cm³/mol. The van der Waals surface area contributed by atoms with Gasteiger partial charge in [-0.1, -0.05) is 0 Å². The first-order valence-electron chi connectivity index (χ1n) is 4.20. The van der Waals surface area contributed by atoms with Crippen LogP contribution in [0.15, 0.2) is 0 Å². The number of hydrogen-bond acceptors (Lipinski definition) is 4. The third-order valence-electron chi connectivity index (χ3n) is 1.54. The van der Waals surface area contributed by atoms with Gasteiger partial charge in [-0.15, -0.1) is 0 Å². The smallest absolute Gasteiger partial charge is 0.231 e. The van der Waals surface area contributed by atoms with Gasteiger partial charge in [0.15, 0.2) is 0 Å². The Morgan fingerprint density at radius 2 is 1.50 bits per heavy atom. The van der Waals surface area contributed by atoms with Crippen molar-refractivity contribution in [2.75, 3.05) is 19.6 Å². The van der Waals surface area contributed by atoms with Gasteiger partial charge in [0.05, 0.1) is 13.1 Å². The van der Waals surface area contributed by atoms with Crippen molar-refractivity contribution in [3.05, 3.63) is 0 Å². The van der Waals surface area contributed by atoms with E-state index in [1.165, 1.54) is 11.8 Å². The molecule has 0 aliphatic carbocycles. The highest BCUT2D eigenvalue weighted by Gasteiger charge is 2.11. The number of Topliss-reactive ketones (excluding diaryl/α,β-unsaturated/α-hetero) is 1. The molecule has 0 radical (unpaired) electrons. The molecule has 4 N–H and O–H groups in total. The summed E-state index contributed by atoms with van der Waals surface area (Å²) in [6.07, 6.45) is 0.278. The molecule has 14 heavy (non-hydrogen) atoms. The monoisotopic (exact) mass is 201 g/mol. The SMILES string of the molecule is CC(=O)CCN(CC(N)=O)CC(N)=O. The number of nitrogens with two attached hydrogens (primary N) is 2. The molecule has 0 saturated carbocycles. The lowest BCUT2D eigenvalue weighted by atomic mass is 10.3. The second-order valence-electron chi connectivity index (χ2n) is 3.10. The molecule has 2 amide bonds. The van der Waals surface area contributed by atoms with E-state index in [0.29, 0.717) is 6.54 Å². The summed E-state index contributed by atoms with van der Waals surface area (Å²) in [5, 5.41) is 0. The Bertz CT molecular complexity index is 224. The van der Waals surface area contributed by atoms with Crippen molar-refractivity contribution < 1.29 is 14.4 Å². The number of primary amides is 2. The molecule has 80 valence electrons. The molecule has 0 bridgehead atoms. The van der Waals surface area contributed by atoms with Crippen LogP contribution in [0.3, 0.4) is 0 Å². The topological polar surface area (TPSA) is 106 Å². The molecule has 0 aromatic rings. The van der Waals surface area contributed by atoms with Crippen LogP contribution in [-0.2, 0) is 14.4 Å². The number of nitrogens with zero attached hydrogens (tertiary/aromatic N) is 1. The summed E-state index contributed by atoms with van der Waals surface area (Å²) in [6.45, 7) is 1.64. The van der Waals surface area contributed by atoms with Crippen LogP contribution < -0.4 is 11.5 Å². The normalized spacial score (nSPS) is 10.1. The molecule has 6 nitrogen and oxygen atoms in total.